The Bertz CT molecular complexity index is 462. The molecule has 0 amide bonds. The predicted molar refractivity (Wildman–Crippen MR) is 64.2 cm³/mol. The topological polar surface area (TPSA) is 66.4 Å². The van der Waals surface area contributed by atoms with Crippen molar-refractivity contribution in [2.24, 2.45) is 0 Å². The molecule has 0 spiro atoms. The second-order valence-corrected chi connectivity index (χ2v) is 5.75. The number of hydrogen-bond acceptors (Lipinski definition) is 3. The molecule has 1 aromatic carbocycles. The monoisotopic (exact) mass is 283 g/mol. The molecule has 0 unspecified atom stereocenters. The molecule has 0 bridgehead atoms. The number of halogens is 2. The van der Waals surface area contributed by atoms with Crippen molar-refractivity contribution in [1.29, 1.82) is 0 Å². The zero-order valence-corrected chi connectivity index (χ0v) is 10.6. The van der Waals surface area contributed by atoms with Crippen LogP contribution in [-0.4, -0.2) is 26.7 Å². The van der Waals surface area contributed by atoms with E-state index < -0.39 is 10.0 Å². The molecule has 0 atom stereocenters. The van der Waals surface area contributed by atoms with Crippen LogP contribution in [0.4, 0.5) is 0 Å². The molecule has 1 rings (SSSR count). The lowest BCUT2D eigenvalue weighted by Crippen LogP contribution is -2.27. The first-order valence-corrected chi connectivity index (χ1v) is 6.87. The quantitative estimate of drug-likeness (QED) is 0.859. The Morgan fingerprint density at radius 3 is 2.50 bits per heavy atom. The standard InChI is InChI=1S/C9H11Cl2NO3S/c10-8-2-1-7(5-9(8)11)6-16(14,15)12-3-4-13/h1-2,5,12-13H,3-4,6H2. The van der Waals surface area contributed by atoms with Gasteiger partial charge in [-0.2, -0.15) is 0 Å². The zero-order chi connectivity index (χ0) is 12.2. The summed E-state index contributed by atoms with van der Waals surface area (Å²) in [4.78, 5) is 0. The molecule has 0 saturated heterocycles. The first kappa shape index (κ1) is 13.7. The van der Waals surface area contributed by atoms with E-state index in [1.807, 2.05) is 0 Å². The Morgan fingerprint density at radius 2 is 1.94 bits per heavy atom. The van der Waals surface area contributed by atoms with Crippen LogP contribution in [0, 0.1) is 0 Å². The maximum Gasteiger partial charge on any atom is 0.215 e. The first-order chi connectivity index (χ1) is 7.44. The summed E-state index contributed by atoms with van der Waals surface area (Å²) in [7, 11) is -3.44. The summed E-state index contributed by atoms with van der Waals surface area (Å²) in [6.07, 6.45) is 0. The van der Waals surface area contributed by atoms with Gasteiger partial charge in [0.05, 0.1) is 22.4 Å². The van der Waals surface area contributed by atoms with Crippen molar-refractivity contribution >= 4 is 33.2 Å². The molecule has 2 N–H and O–H groups in total. The van der Waals surface area contributed by atoms with Gasteiger partial charge in [0.25, 0.3) is 0 Å². The lowest BCUT2D eigenvalue weighted by atomic mass is 10.2. The summed E-state index contributed by atoms with van der Waals surface area (Å²) < 4.78 is 25.2. The van der Waals surface area contributed by atoms with Gasteiger partial charge < -0.3 is 5.11 Å². The van der Waals surface area contributed by atoms with E-state index in [1.54, 1.807) is 12.1 Å². The molecule has 90 valence electrons. The van der Waals surface area contributed by atoms with E-state index in [4.69, 9.17) is 28.3 Å². The second-order valence-electron chi connectivity index (χ2n) is 3.13. The summed E-state index contributed by atoms with van der Waals surface area (Å²) in [6, 6.07) is 4.63. The van der Waals surface area contributed by atoms with Crippen LogP contribution in [0.5, 0.6) is 0 Å². The molecule has 4 nitrogen and oxygen atoms in total. The SMILES string of the molecule is O=S(=O)(Cc1ccc(Cl)c(Cl)c1)NCCO. The van der Waals surface area contributed by atoms with Crippen LogP contribution < -0.4 is 4.72 Å². The van der Waals surface area contributed by atoms with E-state index in [2.05, 4.69) is 4.72 Å². The number of rotatable bonds is 5. The van der Waals surface area contributed by atoms with E-state index in [9.17, 15) is 8.42 Å². The normalized spacial score (nSPS) is 11.7. The number of benzene rings is 1. The van der Waals surface area contributed by atoms with E-state index in [-0.39, 0.29) is 18.9 Å². The molecule has 0 saturated carbocycles. The van der Waals surface area contributed by atoms with E-state index >= 15 is 0 Å². The van der Waals surface area contributed by atoms with Gasteiger partial charge in [0, 0.05) is 6.54 Å². The van der Waals surface area contributed by atoms with Crippen LogP contribution >= 0.6 is 23.2 Å². The van der Waals surface area contributed by atoms with Crippen LogP contribution in [0.25, 0.3) is 0 Å². The third-order valence-electron chi connectivity index (χ3n) is 1.77. The van der Waals surface area contributed by atoms with Gasteiger partial charge in [0.15, 0.2) is 0 Å². The predicted octanol–water partition coefficient (Wildman–Crippen LogP) is 1.41. The molecule has 7 heteroatoms. The van der Waals surface area contributed by atoms with Gasteiger partial charge in [0.2, 0.25) is 10.0 Å². The third-order valence-corrected chi connectivity index (χ3v) is 3.87. The summed E-state index contributed by atoms with van der Waals surface area (Å²) in [5.74, 6) is -0.191. The van der Waals surface area contributed by atoms with Gasteiger partial charge in [0.1, 0.15) is 0 Å². The molecule has 0 aliphatic heterocycles. The van der Waals surface area contributed by atoms with Crippen LogP contribution in [0.1, 0.15) is 5.56 Å². The Balaban J connectivity index is 2.76. The molecular formula is C9H11Cl2NO3S. The Morgan fingerprint density at radius 1 is 1.25 bits per heavy atom. The van der Waals surface area contributed by atoms with Crippen molar-refractivity contribution in [1.82, 2.24) is 4.72 Å². The lowest BCUT2D eigenvalue weighted by Gasteiger charge is -2.06. The minimum Gasteiger partial charge on any atom is -0.395 e. The highest BCUT2D eigenvalue weighted by Gasteiger charge is 2.11. The van der Waals surface area contributed by atoms with Gasteiger partial charge in [-0.25, -0.2) is 13.1 Å². The maximum atomic E-state index is 11.5. The molecule has 0 aromatic heterocycles. The summed E-state index contributed by atoms with van der Waals surface area (Å²) >= 11 is 11.5. The van der Waals surface area contributed by atoms with Crippen molar-refractivity contribution in [2.75, 3.05) is 13.2 Å². The number of aliphatic hydroxyl groups is 1. The minimum atomic E-state index is -3.44. The van der Waals surface area contributed by atoms with Crippen molar-refractivity contribution in [3.05, 3.63) is 33.8 Å². The number of aliphatic hydroxyl groups excluding tert-OH is 1. The maximum absolute atomic E-state index is 11.5. The highest BCUT2D eigenvalue weighted by molar-refractivity contribution is 7.88. The van der Waals surface area contributed by atoms with Gasteiger partial charge in [-0.1, -0.05) is 29.3 Å². The van der Waals surface area contributed by atoms with Gasteiger partial charge in [-0.3, -0.25) is 0 Å². The Kier molecular flexibility index (Phi) is 5.01. The summed E-state index contributed by atoms with van der Waals surface area (Å²) in [6.45, 7) is -0.232. The molecule has 0 radical (unpaired) electrons. The molecule has 0 heterocycles. The van der Waals surface area contributed by atoms with E-state index in [0.717, 1.165) is 0 Å². The summed E-state index contributed by atoms with van der Waals surface area (Å²) in [5.41, 5.74) is 0.542. The number of nitrogens with one attached hydrogen (secondary N) is 1. The number of sulfonamides is 1. The molecular weight excluding hydrogens is 273 g/mol. The molecule has 0 aliphatic rings. The van der Waals surface area contributed by atoms with Crippen molar-refractivity contribution in [3.63, 3.8) is 0 Å². The van der Waals surface area contributed by atoms with Crippen molar-refractivity contribution < 1.29 is 13.5 Å². The lowest BCUT2D eigenvalue weighted by molar-refractivity contribution is 0.301. The van der Waals surface area contributed by atoms with Crippen LogP contribution in [0.3, 0.4) is 0 Å². The van der Waals surface area contributed by atoms with E-state index in [1.165, 1.54) is 6.07 Å². The number of hydrogen-bond donors (Lipinski definition) is 2. The molecule has 1 aromatic rings. The third kappa shape index (κ3) is 4.27. The van der Waals surface area contributed by atoms with Gasteiger partial charge in [-0.15, -0.1) is 0 Å². The fraction of sp³-hybridized carbons (Fsp3) is 0.333. The van der Waals surface area contributed by atoms with Crippen molar-refractivity contribution in [2.45, 2.75) is 5.75 Å². The average molecular weight is 284 g/mol. The molecule has 16 heavy (non-hydrogen) atoms. The minimum absolute atomic E-state index is 0.00363. The van der Waals surface area contributed by atoms with Crippen LogP contribution in [-0.2, 0) is 15.8 Å². The Labute approximate surface area is 104 Å². The smallest absolute Gasteiger partial charge is 0.215 e. The second kappa shape index (κ2) is 5.84. The highest BCUT2D eigenvalue weighted by Crippen LogP contribution is 2.23. The largest absolute Gasteiger partial charge is 0.395 e. The fourth-order valence-corrected chi connectivity index (χ4v) is 2.54. The fourth-order valence-electron chi connectivity index (χ4n) is 1.10. The van der Waals surface area contributed by atoms with Gasteiger partial charge in [-0.05, 0) is 17.7 Å². The Hall–Kier alpha value is -0.330. The zero-order valence-electron chi connectivity index (χ0n) is 8.28. The summed E-state index contributed by atoms with van der Waals surface area (Å²) in [5, 5.41) is 9.21. The molecule has 0 aliphatic carbocycles. The van der Waals surface area contributed by atoms with Crippen LogP contribution in [0.2, 0.25) is 10.0 Å². The van der Waals surface area contributed by atoms with E-state index in [0.29, 0.717) is 15.6 Å². The van der Waals surface area contributed by atoms with Gasteiger partial charge >= 0.3 is 0 Å². The average Bonchev–Trinajstić information content (AvgIpc) is 2.20. The highest BCUT2D eigenvalue weighted by atomic mass is 35.5. The van der Waals surface area contributed by atoms with Crippen molar-refractivity contribution in [3.8, 4) is 0 Å². The first-order valence-electron chi connectivity index (χ1n) is 4.47. The molecule has 0 fully saturated rings. The van der Waals surface area contributed by atoms with Crippen LogP contribution in [0.15, 0.2) is 18.2 Å².